The molecule has 4 rings (SSSR count). The summed E-state index contributed by atoms with van der Waals surface area (Å²) in [6, 6.07) is 6.81. The van der Waals surface area contributed by atoms with E-state index in [1.807, 2.05) is 17.5 Å². The minimum absolute atomic E-state index is 0.0882. The van der Waals surface area contributed by atoms with Crippen molar-refractivity contribution in [2.24, 2.45) is 0 Å². The van der Waals surface area contributed by atoms with Crippen molar-refractivity contribution >= 4 is 29.2 Å². The average Bonchev–Trinajstić information content (AvgIpc) is 3.39. The molecule has 0 aliphatic carbocycles. The molecule has 3 heterocycles. The zero-order chi connectivity index (χ0) is 24.4. The number of hydrogen-bond donors (Lipinski definition) is 0. The number of carbonyl (C=O) groups is 3. The molecule has 0 saturated carbocycles. The minimum atomic E-state index is -0.620. The Kier molecular flexibility index (Phi) is 6.97. The number of likely N-dealkylation sites (N-methyl/N-ethyl adjacent to an activating group) is 1. The highest BCUT2D eigenvalue weighted by molar-refractivity contribution is 7.10. The van der Waals surface area contributed by atoms with Gasteiger partial charge in [-0.05, 0) is 36.1 Å². The van der Waals surface area contributed by atoms with Gasteiger partial charge in [0, 0.05) is 43.7 Å². The van der Waals surface area contributed by atoms with Gasteiger partial charge in [-0.1, -0.05) is 6.07 Å². The molecule has 3 amide bonds. The number of rotatable bonds is 5. The van der Waals surface area contributed by atoms with Crippen LogP contribution in [-0.2, 0) is 9.53 Å². The maximum absolute atomic E-state index is 14.0. The topological polar surface area (TPSA) is 88.6 Å². The summed E-state index contributed by atoms with van der Waals surface area (Å²) in [5, 5.41) is 1.94. The van der Waals surface area contributed by atoms with Crippen LogP contribution in [-0.4, -0.2) is 86.7 Å². The standard InChI is InChI=1S/C24H29N3O6S/c1-5-33-24(30)27-10-8-26(9-11-27)23(29)20-15-13-17(31-3)18(32-4)14-16(15)22(28)25(2)21(20)19-7-6-12-34-19/h6-7,12-14,20-21H,5,8-11H2,1-4H3/t20-,21+/m1/s1. The van der Waals surface area contributed by atoms with Crippen molar-refractivity contribution in [2.75, 3.05) is 54.1 Å². The fourth-order valence-corrected chi connectivity index (χ4v) is 5.56. The van der Waals surface area contributed by atoms with E-state index in [4.69, 9.17) is 14.2 Å². The first-order valence-corrected chi connectivity index (χ1v) is 12.1. The van der Waals surface area contributed by atoms with E-state index in [-0.39, 0.29) is 17.9 Å². The number of carbonyl (C=O) groups excluding carboxylic acids is 3. The summed E-state index contributed by atoms with van der Waals surface area (Å²) in [4.78, 5) is 45.4. The Morgan fingerprint density at radius 2 is 1.71 bits per heavy atom. The van der Waals surface area contributed by atoms with Gasteiger partial charge in [-0.15, -0.1) is 11.3 Å². The predicted molar refractivity (Wildman–Crippen MR) is 127 cm³/mol. The van der Waals surface area contributed by atoms with Crippen molar-refractivity contribution < 1.29 is 28.6 Å². The van der Waals surface area contributed by atoms with Crippen molar-refractivity contribution in [1.82, 2.24) is 14.7 Å². The van der Waals surface area contributed by atoms with Crippen LogP contribution in [0.2, 0.25) is 0 Å². The van der Waals surface area contributed by atoms with Crippen LogP contribution in [0.5, 0.6) is 11.5 Å². The first-order chi connectivity index (χ1) is 16.4. The highest BCUT2D eigenvalue weighted by Crippen LogP contribution is 2.47. The molecule has 2 aliphatic rings. The molecule has 1 fully saturated rings. The molecule has 0 spiro atoms. The summed E-state index contributed by atoms with van der Waals surface area (Å²) >= 11 is 1.52. The summed E-state index contributed by atoms with van der Waals surface area (Å²) in [5.74, 6) is 0.0193. The second-order valence-corrected chi connectivity index (χ2v) is 9.14. The zero-order valence-corrected chi connectivity index (χ0v) is 20.6. The van der Waals surface area contributed by atoms with Gasteiger partial charge in [0.25, 0.3) is 5.91 Å². The first-order valence-electron chi connectivity index (χ1n) is 11.2. The van der Waals surface area contributed by atoms with Crippen molar-refractivity contribution in [3.63, 3.8) is 0 Å². The molecule has 9 nitrogen and oxygen atoms in total. The fourth-order valence-electron chi connectivity index (χ4n) is 4.65. The van der Waals surface area contributed by atoms with Crippen LogP contribution in [0, 0.1) is 0 Å². The van der Waals surface area contributed by atoms with Crippen molar-refractivity contribution in [3.8, 4) is 11.5 Å². The smallest absolute Gasteiger partial charge is 0.409 e. The molecule has 2 aliphatic heterocycles. The van der Waals surface area contributed by atoms with E-state index < -0.39 is 12.0 Å². The molecule has 0 unspecified atom stereocenters. The molecule has 10 heteroatoms. The van der Waals surface area contributed by atoms with Crippen LogP contribution >= 0.6 is 11.3 Å². The van der Waals surface area contributed by atoms with Gasteiger partial charge in [0.2, 0.25) is 5.91 Å². The molecule has 1 saturated heterocycles. The van der Waals surface area contributed by atoms with E-state index in [1.165, 1.54) is 25.6 Å². The van der Waals surface area contributed by atoms with Crippen LogP contribution < -0.4 is 9.47 Å². The zero-order valence-electron chi connectivity index (χ0n) is 19.8. The second kappa shape index (κ2) is 9.92. The molecular weight excluding hydrogens is 458 g/mol. The van der Waals surface area contributed by atoms with E-state index in [1.54, 1.807) is 40.8 Å². The van der Waals surface area contributed by atoms with Gasteiger partial charge < -0.3 is 28.9 Å². The maximum atomic E-state index is 14.0. The van der Waals surface area contributed by atoms with E-state index in [0.717, 1.165) is 4.88 Å². The quantitative estimate of drug-likeness (QED) is 0.644. The largest absolute Gasteiger partial charge is 0.493 e. The summed E-state index contributed by atoms with van der Waals surface area (Å²) < 4.78 is 16.0. The molecule has 182 valence electrons. The lowest BCUT2D eigenvalue weighted by Crippen LogP contribution is -2.54. The fraction of sp³-hybridized carbons (Fsp3) is 0.458. The van der Waals surface area contributed by atoms with Gasteiger partial charge in [-0.2, -0.15) is 0 Å². The Balaban J connectivity index is 1.72. The Morgan fingerprint density at radius 3 is 2.29 bits per heavy atom. The third-order valence-electron chi connectivity index (χ3n) is 6.39. The van der Waals surface area contributed by atoms with Crippen LogP contribution in [0.3, 0.4) is 0 Å². The van der Waals surface area contributed by atoms with Gasteiger partial charge in [0.1, 0.15) is 0 Å². The van der Waals surface area contributed by atoms with Crippen LogP contribution in [0.4, 0.5) is 4.79 Å². The summed E-state index contributed by atoms with van der Waals surface area (Å²) in [6.45, 7) is 3.66. The molecule has 0 N–H and O–H groups in total. The number of piperazine rings is 1. The van der Waals surface area contributed by atoms with Gasteiger partial charge in [-0.3, -0.25) is 9.59 Å². The molecule has 34 heavy (non-hydrogen) atoms. The molecule has 2 atom stereocenters. The van der Waals surface area contributed by atoms with Gasteiger partial charge in [0.05, 0.1) is 32.8 Å². The van der Waals surface area contributed by atoms with Crippen LogP contribution in [0.15, 0.2) is 29.6 Å². The average molecular weight is 488 g/mol. The van der Waals surface area contributed by atoms with Gasteiger partial charge >= 0.3 is 6.09 Å². The third-order valence-corrected chi connectivity index (χ3v) is 7.34. The van der Waals surface area contributed by atoms with Crippen molar-refractivity contribution in [3.05, 3.63) is 45.6 Å². The number of fused-ring (bicyclic) bond motifs is 1. The Hall–Kier alpha value is -3.27. The number of ether oxygens (including phenoxy) is 3. The number of benzene rings is 1. The lowest BCUT2D eigenvalue weighted by atomic mass is 9.81. The predicted octanol–water partition coefficient (Wildman–Crippen LogP) is 2.98. The van der Waals surface area contributed by atoms with Crippen molar-refractivity contribution in [1.29, 1.82) is 0 Å². The van der Waals surface area contributed by atoms with Gasteiger partial charge in [-0.25, -0.2) is 4.79 Å². The van der Waals surface area contributed by atoms with E-state index >= 15 is 0 Å². The van der Waals surface area contributed by atoms with E-state index in [2.05, 4.69) is 0 Å². The lowest BCUT2D eigenvalue weighted by molar-refractivity contribution is -0.136. The first kappa shape index (κ1) is 23.9. The molecular formula is C24H29N3O6S. The Labute approximate surface area is 202 Å². The van der Waals surface area contributed by atoms with E-state index in [0.29, 0.717) is 55.4 Å². The van der Waals surface area contributed by atoms with Crippen LogP contribution in [0.25, 0.3) is 0 Å². The summed E-state index contributed by atoms with van der Waals surface area (Å²) in [6.07, 6.45) is -0.365. The molecule has 0 bridgehead atoms. The van der Waals surface area contributed by atoms with Gasteiger partial charge in [0.15, 0.2) is 11.5 Å². The van der Waals surface area contributed by atoms with Crippen LogP contribution in [0.1, 0.15) is 39.7 Å². The summed E-state index contributed by atoms with van der Waals surface area (Å²) in [5.41, 5.74) is 1.05. The Morgan fingerprint density at radius 1 is 1.06 bits per heavy atom. The number of nitrogens with zero attached hydrogens (tertiary/aromatic N) is 3. The normalized spacial score (nSPS) is 20.1. The molecule has 2 aromatic rings. The molecule has 0 radical (unpaired) electrons. The maximum Gasteiger partial charge on any atom is 0.409 e. The highest BCUT2D eigenvalue weighted by atomic mass is 32.1. The third kappa shape index (κ3) is 4.18. The number of amides is 3. The van der Waals surface area contributed by atoms with Crippen molar-refractivity contribution in [2.45, 2.75) is 18.9 Å². The lowest BCUT2D eigenvalue weighted by Gasteiger charge is -2.42. The highest BCUT2D eigenvalue weighted by Gasteiger charge is 2.45. The Bertz CT molecular complexity index is 1060. The number of methoxy groups -OCH3 is 2. The second-order valence-electron chi connectivity index (χ2n) is 8.16. The number of thiophene rings is 1. The minimum Gasteiger partial charge on any atom is -0.493 e. The summed E-state index contributed by atoms with van der Waals surface area (Å²) in [7, 11) is 4.77. The monoisotopic (exact) mass is 487 g/mol. The SMILES string of the molecule is CCOC(=O)N1CCN(C(=O)[C@@H]2c3cc(OC)c(OC)cc3C(=O)N(C)[C@H]2c2cccs2)CC1. The molecule has 1 aromatic heterocycles. The van der Waals surface area contributed by atoms with E-state index in [9.17, 15) is 14.4 Å². The number of hydrogen-bond acceptors (Lipinski definition) is 7. The molecule has 1 aromatic carbocycles.